The number of ether oxygens (including phenoxy) is 3. The van der Waals surface area contributed by atoms with Crippen molar-refractivity contribution >= 4 is 0 Å². The van der Waals surface area contributed by atoms with Crippen molar-refractivity contribution < 1.29 is 14.2 Å². The molecule has 1 aliphatic rings. The van der Waals surface area contributed by atoms with Crippen molar-refractivity contribution in [3.05, 3.63) is 108 Å². The van der Waals surface area contributed by atoms with Gasteiger partial charge in [-0.15, -0.1) is 0 Å². The molecule has 32 heavy (non-hydrogen) atoms. The summed E-state index contributed by atoms with van der Waals surface area (Å²) in [5.41, 5.74) is 2.61. The van der Waals surface area contributed by atoms with Crippen LogP contribution in [0.2, 0.25) is 0 Å². The summed E-state index contributed by atoms with van der Waals surface area (Å²) in [6, 6.07) is 31.3. The maximum Gasteiger partial charge on any atom is 0.143 e. The van der Waals surface area contributed by atoms with Crippen LogP contribution < -0.4 is 5.32 Å². The number of rotatable bonds is 11. The highest BCUT2D eigenvalue weighted by molar-refractivity contribution is 5.47. The lowest BCUT2D eigenvalue weighted by Crippen LogP contribution is -2.34. The Labute approximate surface area is 191 Å². The average Bonchev–Trinajstić information content (AvgIpc) is 2.88. The summed E-state index contributed by atoms with van der Waals surface area (Å²) < 4.78 is 18.5. The topological polar surface area (TPSA) is 39.7 Å². The quantitative estimate of drug-likeness (QED) is 0.350. The van der Waals surface area contributed by atoms with Gasteiger partial charge in [-0.2, -0.15) is 0 Å². The van der Waals surface area contributed by atoms with Gasteiger partial charge in [0.2, 0.25) is 0 Å². The van der Waals surface area contributed by atoms with Gasteiger partial charge in [0.1, 0.15) is 5.60 Å². The zero-order valence-electron chi connectivity index (χ0n) is 18.6. The van der Waals surface area contributed by atoms with Crippen LogP contribution in [0.1, 0.15) is 29.5 Å². The van der Waals surface area contributed by atoms with Gasteiger partial charge in [-0.1, -0.05) is 91.0 Å². The fraction of sp³-hybridized carbons (Fsp3) is 0.357. The van der Waals surface area contributed by atoms with Gasteiger partial charge in [-0.25, -0.2) is 0 Å². The zero-order chi connectivity index (χ0) is 21.9. The minimum Gasteiger partial charge on any atom is -0.377 e. The van der Waals surface area contributed by atoms with Crippen LogP contribution in [0, 0.1) is 0 Å². The van der Waals surface area contributed by atoms with Crippen molar-refractivity contribution in [2.45, 2.75) is 24.5 Å². The maximum atomic E-state index is 6.71. The van der Waals surface area contributed by atoms with Crippen LogP contribution in [0.15, 0.2) is 91.0 Å². The highest BCUT2D eigenvalue weighted by atomic mass is 16.6. The van der Waals surface area contributed by atoms with Gasteiger partial charge in [0.25, 0.3) is 0 Å². The lowest BCUT2D eigenvalue weighted by molar-refractivity contribution is -0.0446. The predicted octanol–water partition coefficient (Wildman–Crippen LogP) is 4.78. The Bertz CT molecular complexity index is 799. The minimum atomic E-state index is -0.696. The van der Waals surface area contributed by atoms with E-state index in [0.717, 1.165) is 42.6 Å². The Morgan fingerprint density at radius 1 is 0.625 bits per heavy atom. The zero-order valence-corrected chi connectivity index (χ0v) is 18.6. The molecular formula is C28H33NO3. The van der Waals surface area contributed by atoms with E-state index >= 15 is 0 Å². The van der Waals surface area contributed by atoms with Crippen LogP contribution in [0.5, 0.6) is 0 Å². The first-order valence-corrected chi connectivity index (χ1v) is 11.6. The van der Waals surface area contributed by atoms with Crippen LogP contribution in [0.3, 0.4) is 0 Å². The molecule has 4 heteroatoms. The molecule has 0 saturated carbocycles. The van der Waals surface area contributed by atoms with E-state index in [1.165, 1.54) is 0 Å². The summed E-state index contributed by atoms with van der Waals surface area (Å²) in [5.74, 6) is 0. The van der Waals surface area contributed by atoms with Crippen molar-refractivity contribution in [2.24, 2.45) is 0 Å². The summed E-state index contributed by atoms with van der Waals surface area (Å²) in [4.78, 5) is 0. The molecule has 168 valence electrons. The van der Waals surface area contributed by atoms with E-state index in [0.29, 0.717) is 32.5 Å². The van der Waals surface area contributed by atoms with Crippen molar-refractivity contribution in [2.75, 3.05) is 39.5 Å². The molecular weight excluding hydrogens is 398 g/mol. The van der Waals surface area contributed by atoms with E-state index in [1.807, 2.05) is 18.2 Å². The lowest BCUT2D eigenvalue weighted by atomic mass is 9.80. The first-order chi connectivity index (χ1) is 15.9. The molecule has 0 aromatic heterocycles. The third kappa shape index (κ3) is 5.64. The Balaban J connectivity index is 1.44. The van der Waals surface area contributed by atoms with Crippen molar-refractivity contribution in [3.63, 3.8) is 0 Å². The standard InChI is InChI=1S/C28H33NO3/c1-4-10-24(11-5-1)28(25-12-6-2-7-13-25,26-14-8-3-9-15-26)32-23-21-30-20-22-31-27-16-18-29-19-17-27/h1-15,27,29H,16-23H2. The van der Waals surface area contributed by atoms with E-state index in [2.05, 4.69) is 78.1 Å². The van der Waals surface area contributed by atoms with Crippen molar-refractivity contribution in [1.82, 2.24) is 5.32 Å². The van der Waals surface area contributed by atoms with Gasteiger partial charge in [0.15, 0.2) is 0 Å². The predicted molar refractivity (Wildman–Crippen MR) is 128 cm³/mol. The fourth-order valence-corrected chi connectivity index (χ4v) is 4.36. The number of hydrogen-bond donors (Lipinski definition) is 1. The van der Waals surface area contributed by atoms with Gasteiger partial charge in [-0.3, -0.25) is 0 Å². The largest absolute Gasteiger partial charge is 0.377 e. The van der Waals surface area contributed by atoms with E-state index in [1.54, 1.807) is 0 Å². The van der Waals surface area contributed by atoms with Crippen molar-refractivity contribution in [1.29, 1.82) is 0 Å². The van der Waals surface area contributed by atoms with Gasteiger partial charge in [0.05, 0.1) is 32.5 Å². The van der Waals surface area contributed by atoms with Gasteiger partial charge >= 0.3 is 0 Å². The number of hydrogen-bond acceptors (Lipinski definition) is 4. The fourth-order valence-electron chi connectivity index (χ4n) is 4.36. The Hall–Kier alpha value is -2.50. The molecule has 0 bridgehead atoms. The SMILES string of the molecule is c1ccc(C(OCCOCCOC2CCNCC2)(c2ccccc2)c2ccccc2)cc1. The van der Waals surface area contributed by atoms with Crippen LogP contribution in [0.4, 0.5) is 0 Å². The van der Waals surface area contributed by atoms with Gasteiger partial charge in [0, 0.05) is 0 Å². The average molecular weight is 432 g/mol. The molecule has 0 amide bonds. The summed E-state index contributed by atoms with van der Waals surface area (Å²) in [6.45, 7) is 4.30. The number of nitrogens with one attached hydrogen (secondary N) is 1. The second-order valence-corrected chi connectivity index (χ2v) is 8.06. The van der Waals surface area contributed by atoms with Crippen LogP contribution in [0.25, 0.3) is 0 Å². The molecule has 1 aliphatic heterocycles. The van der Waals surface area contributed by atoms with Crippen LogP contribution in [-0.2, 0) is 19.8 Å². The molecule has 1 N–H and O–H groups in total. The highest BCUT2D eigenvalue weighted by Crippen LogP contribution is 2.40. The molecule has 3 aromatic carbocycles. The van der Waals surface area contributed by atoms with E-state index in [4.69, 9.17) is 14.2 Å². The summed E-state index contributed by atoms with van der Waals surface area (Å²) in [5, 5.41) is 3.36. The smallest absolute Gasteiger partial charge is 0.143 e. The summed E-state index contributed by atoms with van der Waals surface area (Å²) in [7, 11) is 0. The minimum absolute atomic E-state index is 0.359. The molecule has 1 fully saturated rings. The first-order valence-electron chi connectivity index (χ1n) is 11.6. The molecule has 0 radical (unpaired) electrons. The highest BCUT2D eigenvalue weighted by Gasteiger charge is 2.37. The second-order valence-electron chi connectivity index (χ2n) is 8.06. The summed E-state index contributed by atoms with van der Waals surface area (Å²) in [6.07, 6.45) is 2.52. The number of piperidine rings is 1. The normalized spacial score (nSPS) is 15.0. The molecule has 0 unspecified atom stereocenters. The van der Waals surface area contributed by atoms with Crippen LogP contribution >= 0.6 is 0 Å². The molecule has 3 aromatic rings. The maximum absolute atomic E-state index is 6.71. The van der Waals surface area contributed by atoms with E-state index in [9.17, 15) is 0 Å². The van der Waals surface area contributed by atoms with Gasteiger partial charge in [-0.05, 0) is 42.6 Å². The molecule has 4 nitrogen and oxygen atoms in total. The van der Waals surface area contributed by atoms with Crippen molar-refractivity contribution in [3.8, 4) is 0 Å². The first kappa shape index (κ1) is 22.7. The molecule has 0 spiro atoms. The molecule has 1 heterocycles. The Kier molecular flexibility index (Phi) is 8.46. The Morgan fingerprint density at radius 2 is 1.09 bits per heavy atom. The number of benzene rings is 3. The van der Waals surface area contributed by atoms with E-state index < -0.39 is 5.60 Å². The monoisotopic (exact) mass is 431 g/mol. The third-order valence-corrected chi connectivity index (χ3v) is 5.95. The lowest BCUT2D eigenvalue weighted by Gasteiger charge is -2.36. The van der Waals surface area contributed by atoms with Gasteiger partial charge < -0.3 is 19.5 Å². The molecule has 0 atom stereocenters. The molecule has 1 saturated heterocycles. The van der Waals surface area contributed by atoms with E-state index in [-0.39, 0.29) is 0 Å². The summed E-state index contributed by atoms with van der Waals surface area (Å²) >= 11 is 0. The second kappa shape index (κ2) is 11.9. The molecule has 0 aliphatic carbocycles. The molecule has 4 rings (SSSR count). The van der Waals surface area contributed by atoms with Crippen LogP contribution in [-0.4, -0.2) is 45.6 Å². The Morgan fingerprint density at radius 3 is 1.59 bits per heavy atom. The third-order valence-electron chi connectivity index (χ3n) is 5.95.